The van der Waals surface area contributed by atoms with Crippen molar-refractivity contribution in [3.05, 3.63) is 36.2 Å². The lowest BCUT2D eigenvalue weighted by molar-refractivity contribution is 0.0949. The number of nitrogens with one attached hydrogen (secondary N) is 3. The molecule has 3 heterocycles. The van der Waals surface area contributed by atoms with Crippen molar-refractivity contribution in [2.24, 2.45) is 0 Å². The van der Waals surface area contributed by atoms with Gasteiger partial charge in [-0.15, -0.1) is 0 Å². The van der Waals surface area contributed by atoms with Gasteiger partial charge in [-0.2, -0.15) is 9.61 Å². The van der Waals surface area contributed by atoms with E-state index < -0.39 is 23.4 Å². The molecule has 3 aromatic rings. The third-order valence-corrected chi connectivity index (χ3v) is 4.31. The van der Waals surface area contributed by atoms with Crippen molar-refractivity contribution in [1.29, 1.82) is 0 Å². The van der Waals surface area contributed by atoms with Gasteiger partial charge >= 0.3 is 0 Å². The zero-order valence-electron chi connectivity index (χ0n) is 16.0. The molecule has 0 aliphatic heterocycles. The number of aromatic nitrogens is 4. The summed E-state index contributed by atoms with van der Waals surface area (Å²) in [4.78, 5) is 21.0. The molecule has 30 heavy (non-hydrogen) atoms. The summed E-state index contributed by atoms with van der Waals surface area (Å²) in [7, 11) is 18.2. The van der Waals surface area contributed by atoms with Gasteiger partial charge in [0.2, 0.25) is 5.88 Å². The van der Waals surface area contributed by atoms with Gasteiger partial charge in [0.05, 0.1) is 12.2 Å². The monoisotopic (exact) mass is 401 g/mol. The fourth-order valence-electron chi connectivity index (χ4n) is 2.80. The highest BCUT2D eigenvalue weighted by Crippen LogP contribution is 2.29. The number of hydrogen-bond donors (Lipinski definition) is 3. The minimum absolute atomic E-state index is 0.0619. The molecule has 0 bridgehead atoms. The topological polar surface area (TPSA) is 105 Å². The molecule has 146 valence electrons. The molecule has 1 saturated carbocycles. The standard InChI is InChI=1S/C17H15B3FN7O2/c1-22-13-6-12(25-10-3-2-4-23-16(10)30-17(18,19)20)27-14-8(7-24-28(13)14)15(29)26-11-5-9(11)21/h2-4,6-7,9,11,22H,5H2,1H3,(H,25,27)(H,26,29)/t9-,11+/m1/s1. The number of rotatable bonds is 7. The number of hydrogen-bond acceptors (Lipinski definition) is 7. The van der Waals surface area contributed by atoms with E-state index in [9.17, 15) is 9.18 Å². The number of ether oxygens (including phenoxy) is 1. The maximum Gasteiger partial charge on any atom is 0.257 e. The molecule has 1 aliphatic carbocycles. The predicted octanol–water partition coefficient (Wildman–Crippen LogP) is 0.245. The van der Waals surface area contributed by atoms with Crippen LogP contribution >= 0.6 is 0 Å². The molecule has 13 heteroatoms. The maximum atomic E-state index is 13.2. The van der Waals surface area contributed by atoms with Gasteiger partial charge in [-0.05, 0) is 17.4 Å². The van der Waals surface area contributed by atoms with Crippen LogP contribution in [0.4, 0.5) is 21.7 Å². The Kier molecular flexibility index (Phi) is 5.04. The molecule has 0 aromatic carbocycles. The molecule has 9 nitrogen and oxygen atoms in total. The molecule has 1 aliphatic rings. The summed E-state index contributed by atoms with van der Waals surface area (Å²) in [6.45, 7) is 0. The fraction of sp³-hybridized carbons (Fsp3) is 0.294. The molecule has 1 fully saturated rings. The summed E-state index contributed by atoms with van der Waals surface area (Å²) in [6.07, 6.45) is 2.15. The van der Waals surface area contributed by atoms with E-state index in [-0.39, 0.29) is 17.1 Å². The Morgan fingerprint density at radius 1 is 1.40 bits per heavy atom. The van der Waals surface area contributed by atoms with Crippen LogP contribution in [0.2, 0.25) is 0 Å². The second-order valence-corrected chi connectivity index (χ2v) is 6.84. The number of fused-ring (bicyclic) bond motifs is 1. The largest absolute Gasteiger partial charge is 0.499 e. The fourth-order valence-corrected chi connectivity index (χ4v) is 2.80. The number of anilines is 3. The van der Waals surface area contributed by atoms with Gasteiger partial charge < -0.3 is 20.7 Å². The van der Waals surface area contributed by atoms with Crippen LogP contribution in [0.1, 0.15) is 16.8 Å². The normalized spacial score (nSPS) is 18.1. The van der Waals surface area contributed by atoms with Crippen molar-refractivity contribution in [2.75, 3.05) is 17.7 Å². The molecule has 3 aromatic heterocycles. The zero-order valence-corrected chi connectivity index (χ0v) is 16.0. The Morgan fingerprint density at radius 2 is 2.17 bits per heavy atom. The Bertz CT molecular complexity index is 1100. The number of alkyl halides is 1. The van der Waals surface area contributed by atoms with Gasteiger partial charge in [-0.25, -0.2) is 14.4 Å². The first-order chi connectivity index (χ1) is 14.2. The average molecular weight is 401 g/mol. The first kappa shape index (κ1) is 20.1. The number of nitrogens with zero attached hydrogens (tertiary/aromatic N) is 4. The molecule has 0 saturated heterocycles. The summed E-state index contributed by atoms with van der Waals surface area (Å²) in [5.41, 5.74) is 0.878. The van der Waals surface area contributed by atoms with E-state index in [1.807, 2.05) is 0 Å². The predicted molar refractivity (Wildman–Crippen MR) is 111 cm³/mol. The van der Waals surface area contributed by atoms with E-state index in [0.29, 0.717) is 23.7 Å². The maximum absolute atomic E-state index is 13.2. The zero-order chi connectivity index (χ0) is 21.5. The third kappa shape index (κ3) is 4.19. The van der Waals surface area contributed by atoms with E-state index in [1.54, 1.807) is 25.2 Å². The SMILES string of the molecule is [B]C([B])([B])Oc1ncccc1Nc1cc(NC)n2ncc(C(=O)N[C@H]3C[C@H]3F)c2n1. The third-order valence-electron chi connectivity index (χ3n) is 4.31. The number of amides is 1. The smallest absolute Gasteiger partial charge is 0.257 e. The molecule has 4 rings (SSSR count). The van der Waals surface area contributed by atoms with Crippen LogP contribution in [0.15, 0.2) is 30.6 Å². The van der Waals surface area contributed by atoms with Crippen LogP contribution in [-0.4, -0.2) is 73.6 Å². The van der Waals surface area contributed by atoms with Crippen LogP contribution in [0.3, 0.4) is 0 Å². The highest BCUT2D eigenvalue weighted by atomic mass is 19.1. The van der Waals surface area contributed by atoms with Crippen molar-refractivity contribution < 1.29 is 13.9 Å². The highest BCUT2D eigenvalue weighted by Gasteiger charge is 2.39. The second-order valence-electron chi connectivity index (χ2n) is 6.84. The minimum Gasteiger partial charge on any atom is -0.499 e. The van der Waals surface area contributed by atoms with Gasteiger partial charge in [0.15, 0.2) is 5.65 Å². The van der Waals surface area contributed by atoms with Gasteiger partial charge in [0.25, 0.3) is 5.91 Å². The van der Waals surface area contributed by atoms with E-state index >= 15 is 0 Å². The summed E-state index contributed by atoms with van der Waals surface area (Å²) < 4.78 is 19.9. The quantitative estimate of drug-likeness (QED) is 0.488. The van der Waals surface area contributed by atoms with Crippen LogP contribution in [0, 0.1) is 0 Å². The second kappa shape index (κ2) is 7.54. The Morgan fingerprint density at radius 3 is 2.83 bits per heavy atom. The van der Waals surface area contributed by atoms with Crippen LogP contribution < -0.4 is 20.7 Å². The van der Waals surface area contributed by atoms with E-state index in [2.05, 4.69) is 31.0 Å². The average Bonchev–Trinajstić information content (AvgIpc) is 3.20. The minimum atomic E-state index is -1.92. The van der Waals surface area contributed by atoms with E-state index in [1.165, 1.54) is 16.9 Å². The summed E-state index contributed by atoms with van der Waals surface area (Å²) >= 11 is 0. The van der Waals surface area contributed by atoms with Crippen LogP contribution in [0.25, 0.3) is 5.65 Å². The van der Waals surface area contributed by atoms with E-state index in [0.717, 1.165) is 0 Å². The van der Waals surface area contributed by atoms with Crippen molar-refractivity contribution >= 4 is 52.4 Å². The molecule has 3 N–H and O–H groups in total. The molecule has 6 radical (unpaired) electrons. The number of carbonyl (C=O) groups excluding carboxylic acids is 1. The lowest BCUT2D eigenvalue weighted by Crippen LogP contribution is -2.38. The molecule has 1 amide bonds. The molecule has 0 spiro atoms. The van der Waals surface area contributed by atoms with Crippen LogP contribution in [-0.2, 0) is 0 Å². The number of pyridine rings is 1. The van der Waals surface area contributed by atoms with Crippen molar-refractivity contribution in [3.63, 3.8) is 0 Å². The lowest BCUT2D eigenvalue weighted by Gasteiger charge is -2.24. The Balaban J connectivity index is 1.68. The summed E-state index contributed by atoms with van der Waals surface area (Å²) in [5, 5.41) is 10.9. The first-order valence-electron chi connectivity index (χ1n) is 9.04. The Labute approximate surface area is 175 Å². The molecular formula is C17H15B3FN7O2. The molecule has 2 atom stereocenters. The van der Waals surface area contributed by atoms with Gasteiger partial charge in [-0.1, -0.05) is 0 Å². The molecular weight excluding hydrogens is 386 g/mol. The number of halogens is 1. The highest BCUT2D eigenvalue weighted by molar-refractivity contribution is 6.58. The van der Waals surface area contributed by atoms with Crippen LogP contribution in [0.5, 0.6) is 5.88 Å². The Hall–Kier alpha value is -3.24. The lowest BCUT2D eigenvalue weighted by atomic mass is 9.52. The number of carbonyl (C=O) groups is 1. The summed E-state index contributed by atoms with van der Waals surface area (Å²) in [5.74, 6) is 0.512. The van der Waals surface area contributed by atoms with Crippen molar-refractivity contribution in [3.8, 4) is 5.88 Å². The van der Waals surface area contributed by atoms with Gasteiger partial charge in [0, 0.05) is 25.7 Å². The van der Waals surface area contributed by atoms with E-state index in [4.69, 9.17) is 28.3 Å². The van der Waals surface area contributed by atoms with Gasteiger partial charge in [-0.3, -0.25) is 4.79 Å². The van der Waals surface area contributed by atoms with Gasteiger partial charge in [0.1, 0.15) is 52.6 Å². The summed E-state index contributed by atoms with van der Waals surface area (Å²) in [6, 6.07) is 4.52. The first-order valence-corrected chi connectivity index (χ1v) is 9.04. The van der Waals surface area contributed by atoms with Crippen molar-refractivity contribution in [2.45, 2.75) is 23.9 Å². The molecule has 0 unspecified atom stereocenters. The van der Waals surface area contributed by atoms with Crippen molar-refractivity contribution in [1.82, 2.24) is 24.9 Å².